The van der Waals surface area contributed by atoms with Crippen LogP contribution in [0, 0.1) is 6.92 Å². The Kier molecular flexibility index (Phi) is 5.79. The van der Waals surface area contributed by atoms with Gasteiger partial charge in [-0.1, -0.05) is 37.4 Å². The SMILES string of the molecule is CCc1[nH]c2nc(Cc3ccc4nc(C)cc(C(=O)NC)c4c3)nc(C3CCCC3)c2c1Cl. The first-order valence-electron chi connectivity index (χ1n) is 11.7. The Morgan fingerprint density at radius 2 is 1.97 bits per heavy atom. The Morgan fingerprint density at radius 3 is 2.70 bits per heavy atom. The average molecular weight is 462 g/mol. The van der Waals surface area contributed by atoms with Gasteiger partial charge in [-0.15, -0.1) is 0 Å². The molecule has 2 N–H and O–H groups in total. The monoisotopic (exact) mass is 461 g/mol. The molecule has 1 amide bonds. The van der Waals surface area contributed by atoms with E-state index in [1.54, 1.807) is 7.05 Å². The second-order valence-electron chi connectivity index (χ2n) is 8.92. The summed E-state index contributed by atoms with van der Waals surface area (Å²) in [7, 11) is 1.65. The lowest BCUT2D eigenvalue weighted by atomic mass is 10.00. The normalized spacial score (nSPS) is 14.4. The number of aryl methyl sites for hydroxylation is 2. The molecule has 0 unspecified atom stereocenters. The molecular formula is C26H28ClN5O. The van der Waals surface area contributed by atoms with Crippen LogP contribution in [0.4, 0.5) is 0 Å². The van der Waals surface area contributed by atoms with E-state index in [0.717, 1.165) is 74.7 Å². The van der Waals surface area contributed by atoms with Crippen LogP contribution in [0.2, 0.25) is 5.02 Å². The molecule has 3 aromatic heterocycles. The maximum atomic E-state index is 12.5. The van der Waals surface area contributed by atoms with Crippen molar-refractivity contribution in [2.45, 2.75) is 58.3 Å². The number of pyridine rings is 1. The number of rotatable bonds is 5. The summed E-state index contributed by atoms with van der Waals surface area (Å²) in [5.41, 5.74) is 6.23. The Balaban J connectivity index is 1.60. The van der Waals surface area contributed by atoms with Gasteiger partial charge in [0.25, 0.3) is 5.91 Å². The van der Waals surface area contributed by atoms with E-state index in [4.69, 9.17) is 21.6 Å². The predicted molar refractivity (Wildman–Crippen MR) is 132 cm³/mol. The molecule has 7 heteroatoms. The zero-order valence-electron chi connectivity index (χ0n) is 19.3. The maximum absolute atomic E-state index is 12.5. The summed E-state index contributed by atoms with van der Waals surface area (Å²) in [6, 6.07) is 7.89. The van der Waals surface area contributed by atoms with Gasteiger partial charge in [0.2, 0.25) is 0 Å². The Bertz CT molecular complexity index is 1370. The summed E-state index contributed by atoms with van der Waals surface area (Å²) in [5, 5.41) is 5.33. The molecule has 0 aliphatic heterocycles. The van der Waals surface area contributed by atoms with E-state index < -0.39 is 0 Å². The molecule has 1 aromatic carbocycles. The van der Waals surface area contributed by atoms with Gasteiger partial charge in [-0.3, -0.25) is 9.78 Å². The third-order valence-electron chi connectivity index (χ3n) is 6.67. The van der Waals surface area contributed by atoms with Crippen molar-refractivity contribution in [3.05, 3.63) is 63.3 Å². The fourth-order valence-corrected chi connectivity index (χ4v) is 5.39. The van der Waals surface area contributed by atoms with Crippen molar-refractivity contribution in [1.82, 2.24) is 25.3 Å². The van der Waals surface area contributed by atoms with Crippen LogP contribution in [0.5, 0.6) is 0 Å². The van der Waals surface area contributed by atoms with Crippen LogP contribution < -0.4 is 5.32 Å². The van der Waals surface area contributed by atoms with Crippen LogP contribution in [0.3, 0.4) is 0 Å². The van der Waals surface area contributed by atoms with Gasteiger partial charge in [-0.2, -0.15) is 0 Å². The first-order valence-corrected chi connectivity index (χ1v) is 12.1. The maximum Gasteiger partial charge on any atom is 0.251 e. The largest absolute Gasteiger partial charge is 0.355 e. The van der Waals surface area contributed by atoms with Crippen molar-refractivity contribution in [2.24, 2.45) is 0 Å². The highest BCUT2D eigenvalue weighted by molar-refractivity contribution is 6.36. The highest BCUT2D eigenvalue weighted by Gasteiger charge is 2.25. The molecule has 5 rings (SSSR count). The van der Waals surface area contributed by atoms with Crippen molar-refractivity contribution in [3.8, 4) is 0 Å². The van der Waals surface area contributed by atoms with E-state index in [1.807, 2.05) is 31.2 Å². The minimum absolute atomic E-state index is 0.114. The van der Waals surface area contributed by atoms with Crippen LogP contribution in [-0.4, -0.2) is 32.9 Å². The highest BCUT2D eigenvalue weighted by atomic mass is 35.5. The topological polar surface area (TPSA) is 83.6 Å². The van der Waals surface area contributed by atoms with Crippen LogP contribution in [0.25, 0.3) is 21.9 Å². The lowest BCUT2D eigenvalue weighted by Crippen LogP contribution is -2.18. The van der Waals surface area contributed by atoms with Gasteiger partial charge in [0.05, 0.1) is 27.2 Å². The molecule has 3 heterocycles. The number of H-pyrrole nitrogens is 1. The Hall–Kier alpha value is -2.99. The van der Waals surface area contributed by atoms with E-state index in [0.29, 0.717) is 17.9 Å². The van der Waals surface area contributed by atoms with Crippen molar-refractivity contribution >= 4 is 39.4 Å². The molecule has 0 atom stereocenters. The lowest BCUT2D eigenvalue weighted by molar-refractivity contribution is 0.0964. The third-order valence-corrected chi connectivity index (χ3v) is 7.08. The number of amides is 1. The Labute approximate surface area is 198 Å². The number of carbonyl (C=O) groups excluding carboxylic acids is 1. The van der Waals surface area contributed by atoms with Crippen molar-refractivity contribution in [2.75, 3.05) is 7.05 Å². The molecule has 1 aliphatic carbocycles. The van der Waals surface area contributed by atoms with E-state index in [9.17, 15) is 4.79 Å². The standard InChI is InChI=1S/C26H28ClN5O/c1-4-19-23(27)22-24(16-7-5-6-8-16)31-21(32-25(22)30-19)13-15-9-10-20-17(12-15)18(26(33)28-3)11-14(2)29-20/h9-12,16H,4-8,13H2,1-3H3,(H,28,33)(H,30,31,32). The van der Waals surface area contributed by atoms with E-state index in [2.05, 4.69) is 22.2 Å². The number of carbonyl (C=O) groups is 1. The first-order chi connectivity index (χ1) is 16.0. The average Bonchev–Trinajstić information content (AvgIpc) is 3.46. The molecular weight excluding hydrogens is 434 g/mol. The van der Waals surface area contributed by atoms with Crippen LogP contribution in [0.15, 0.2) is 24.3 Å². The number of hydrogen-bond acceptors (Lipinski definition) is 4. The summed E-state index contributed by atoms with van der Waals surface area (Å²) < 4.78 is 0. The molecule has 1 aliphatic rings. The Morgan fingerprint density at radius 1 is 1.18 bits per heavy atom. The summed E-state index contributed by atoms with van der Waals surface area (Å²) in [4.78, 5) is 30.4. The number of nitrogens with zero attached hydrogens (tertiary/aromatic N) is 3. The molecule has 0 spiro atoms. The molecule has 0 saturated heterocycles. The molecule has 6 nitrogen and oxygen atoms in total. The molecule has 1 fully saturated rings. The number of aromatic nitrogens is 4. The fraction of sp³-hybridized carbons (Fsp3) is 0.385. The predicted octanol–water partition coefficient (Wildman–Crippen LogP) is 5.64. The summed E-state index contributed by atoms with van der Waals surface area (Å²) in [6.45, 7) is 3.99. The minimum atomic E-state index is -0.114. The minimum Gasteiger partial charge on any atom is -0.355 e. The van der Waals surface area contributed by atoms with Crippen LogP contribution >= 0.6 is 11.6 Å². The molecule has 33 heavy (non-hydrogen) atoms. The second-order valence-corrected chi connectivity index (χ2v) is 9.30. The number of aromatic amines is 1. The molecule has 4 aromatic rings. The molecule has 0 radical (unpaired) electrons. The fourth-order valence-electron chi connectivity index (χ4n) is 5.02. The second kappa shape index (κ2) is 8.75. The van der Waals surface area contributed by atoms with Crippen LogP contribution in [-0.2, 0) is 12.8 Å². The van der Waals surface area contributed by atoms with Gasteiger partial charge in [-0.25, -0.2) is 9.97 Å². The van der Waals surface area contributed by atoms with Crippen molar-refractivity contribution < 1.29 is 4.79 Å². The van der Waals surface area contributed by atoms with E-state index in [1.165, 1.54) is 12.8 Å². The van der Waals surface area contributed by atoms with Gasteiger partial charge >= 0.3 is 0 Å². The van der Waals surface area contributed by atoms with Gasteiger partial charge in [0.1, 0.15) is 11.5 Å². The number of benzene rings is 1. The summed E-state index contributed by atoms with van der Waals surface area (Å²) >= 11 is 6.74. The zero-order chi connectivity index (χ0) is 23.1. The van der Waals surface area contributed by atoms with Gasteiger partial charge in [-0.05, 0) is 49.9 Å². The van der Waals surface area contributed by atoms with Gasteiger partial charge < -0.3 is 10.3 Å². The number of hydrogen-bond donors (Lipinski definition) is 2. The van der Waals surface area contributed by atoms with Crippen molar-refractivity contribution in [1.29, 1.82) is 0 Å². The van der Waals surface area contributed by atoms with Crippen molar-refractivity contribution in [3.63, 3.8) is 0 Å². The first kappa shape index (κ1) is 21.8. The quantitative estimate of drug-likeness (QED) is 0.403. The summed E-state index contributed by atoms with van der Waals surface area (Å²) in [5.74, 6) is 1.08. The van der Waals surface area contributed by atoms with Gasteiger partial charge in [0.15, 0.2) is 0 Å². The zero-order valence-corrected chi connectivity index (χ0v) is 20.0. The third kappa shape index (κ3) is 3.97. The smallest absolute Gasteiger partial charge is 0.251 e. The highest BCUT2D eigenvalue weighted by Crippen LogP contribution is 2.40. The summed E-state index contributed by atoms with van der Waals surface area (Å²) in [6.07, 6.45) is 6.15. The number of nitrogens with one attached hydrogen (secondary N) is 2. The molecule has 0 bridgehead atoms. The van der Waals surface area contributed by atoms with E-state index >= 15 is 0 Å². The lowest BCUT2D eigenvalue weighted by Gasteiger charge is -2.13. The van der Waals surface area contributed by atoms with Crippen LogP contribution in [0.1, 0.15) is 77.4 Å². The number of halogens is 1. The molecule has 1 saturated carbocycles. The van der Waals surface area contributed by atoms with E-state index in [-0.39, 0.29) is 5.91 Å². The number of fused-ring (bicyclic) bond motifs is 2. The van der Waals surface area contributed by atoms with Gasteiger partial charge in [0, 0.05) is 36.2 Å². The molecule has 170 valence electrons.